The molecule has 2 aliphatic rings. The van der Waals surface area contributed by atoms with Gasteiger partial charge in [0.15, 0.2) is 0 Å². The third-order valence-electron chi connectivity index (χ3n) is 8.07. The first-order valence-electron chi connectivity index (χ1n) is 14.9. The van der Waals surface area contributed by atoms with E-state index in [0.29, 0.717) is 41.7 Å². The maximum atomic E-state index is 12.9. The molecule has 2 saturated heterocycles. The number of benzene rings is 1. The van der Waals surface area contributed by atoms with Gasteiger partial charge in [-0.05, 0) is 42.7 Å². The number of fused-ring (bicyclic) bond motifs is 1. The third kappa shape index (κ3) is 7.35. The van der Waals surface area contributed by atoms with Gasteiger partial charge in [0.05, 0.1) is 48.9 Å². The molecule has 5 rings (SSSR count). The normalized spacial score (nSPS) is 19.4. The van der Waals surface area contributed by atoms with Crippen LogP contribution in [0.4, 0.5) is 0 Å². The van der Waals surface area contributed by atoms with Crippen LogP contribution in [0.2, 0.25) is 0 Å². The molecule has 4 heterocycles. The van der Waals surface area contributed by atoms with Crippen molar-refractivity contribution < 1.29 is 28.7 Å². The number of nitrogens with zero attached hydrogens (tertiary/aromatic N) is 5. The van der Waals surface area contributed by atoms with Crippen LogP contribution in [0.1, 0.15) is 41.2 Å². The second-order valence-corrected chi connectivity index (χ2v) is 10.9. The number of hydrogen-bond acceptors (Lipinski definition) is 9. The van der Waals surface area contributed by atoms with E-state index in [1.54, 1.807) is 54.7 Å². The lowest BCUT2D eigenvalue weighted by Gasteiger charge is -2.24. The highest BCUT2D eigenvalue weighted by Gasteiger charge is 2.42. The molecule has 0 saturated carbocycles. The van der Waals surface area contributed by atoms with E-state index in [4.69, 9.17) is 9.47 Å². The Morgan fingerprint density at radius 3 is 2.78 bits per heavy atom. The van der Waals surface area contributed by atoms with Gasteiger partial charge in [0.1, 0.15) is 18.4 Å². The van der Waals surface area contributed by atoms with Crippen LogP contribution in [0.25, 0.3) is 10.9 Å². The third-order valence-corrected chi connectivity index (χ3v) is 8.07. The minimum atomic E-state index is -0.502. The summed E-state index contributed by atoms with van der Waals surface area (Å²) in [6.45, 7) is 1.44. The summed E-state index contributed by atoms with van der Waals surface area (Å²) in [5.41, 5.74) is 1.76. The predicted octanol–water partition coefficient (Wildman–Crippen LogP) is 1.61. The van der Waals surface area contributed by atoms with Gasteiger partial charge in [-0.15, -0.1) is 0 Å². The first-order valence-corrected chi connectivity index (χ1v) is 14.9. The Labute approximate surface area is 260 Å². The van der Waals surface area contributed by atoms with Gasteiger partial charge in [0, 0.05) is 56.6 Å². The highest BCUT2D eigenvalue weighted by atomic mass is 16.5. The van der Waals surface area contributed by atoms with Crippen LogP contribution < -0.4 is 15.4 Å². The van der Waals surface area contributed by atoms with Crippen LogP contribution in [0.15, 0.2) is 55.0 Å². The highest BCUT2D eigenvalue weighted by molar-refractivity contribution is 6.07. The van der Waals surface area contributed by atoms with E-state index >= 15 is 0 Å². The summed E-state index contributed by atoms with van der Waals surface area (Å²) in [5, 5.41) is 15.3. The number of aromatic nitrogens is 2. The molecule has 0 aliphatic carbocycles. The summed E-state index contributed by atoms with van der Waals surface area (Å²) in [5.74, 6) is -0.925. The second kappa shape index (κ2) is 14.6. The van der Waals surface area contributed by atoms with Crippen LogP contribution in [-0.2, 0) is 19.1 Å². The van der Waals surface area contributed by atoms with Crippen molar-refractivity contribution in [1.29, 1.82) is 5.26 Å². The number of carbonyl (C=O) groups is 4. The lowest BCUT2D eigenvalue weighted by atomic mass is 9.94. The maximum absolute atomic E-state index is 12.9. The highest BCUT2D eigenvalue weighted by Crippen LogP contribution is 2.36. The number of carbonyl (C=O) groups excluding carboxylic acids is 4. The van der Waals surface area contributed by atoms with Crippen molar-refractivity contribution in [2.75, 3.05) is 46.5 Å². The summed E-state index contributed by atoms with van der Waals surface area (Å²) in [6.07, 6.45) is 6.42. The Morgan fingerprint density at radius 1 is 1.11 bits per heavy atom. The molecule has 0 radical (unpaired) electrons. The van der Waals surface area contributed by atoms with Crippen LogP contribution >= 0.6 is 0 Å². The summed E-state index contributed by atoms with van der Waals surface area (Å²) < 4.78 is 11.4. The van der Waals surface area contributed by atoms with E-state index in [2.05, 4.69) is 26.7 Å². The molecule has 1 aromatic carbocycles. The summed E-state index contributed by atoms with van der Waals surface area (Å²) in [7, 11) is 1.70. The molecular formula is C32H35N7O6. The van der Waals surface area contributed by atoms with Crippen molar-refractivity contribution in [2.24, 2.45) is 5.92 Å². The van der Waals surface area contributed by atoms with Crippen molar-refractivity contribution in [3.63, 3.8) is 0 Å². The number of nitrogens with one attached hydrogen (secondary N) is 2. The average Bonchev–Trinajstić information content (AvgIpc) is 3.66. The van der Waals surface area contributed by atoms with Gasteiger partial charge in [0.2, 0.25) is 17.7 Å². The van der Waals surface area contributed by atoms with Gasteiger partial charge in [-0.3, -0.25) is 29.1 Å². The zero-order valence-electron chi connectivity index (χ0n) is 25.0. The quantitative estimate of drug-likeness (QED) is 0.289. The number of pyridine rings is 2. The summed E-state index contributed by atoms with van der Waals surface area (Å²) in [6, 6.07) is 11.8. The molecule has 0 spiro atoms. The molecule has 0 bridgehead atoms. The zero-order chi connectivity index (χ0) is 31.8. The summed E-state index contributed by atoms with van der Waals surface area (Å²) >= 11 is 0. The average molecular weight is 614 g/mol. The van der Waals surface area contributed by atoms with Gasteiger partial charge in [-0.25, -0.2) is 0 Å². The molecule has 13 nitrogen and oxygen atoms in total. The molecule has 2 N–H and O–H groups in total. The Balaban J connectivity index is 1.04. The fourth-order valence-corrected chi connectivity index (χ4v) is 5.78. The van der Waals surface area contributed by atoms with Crippen molar-refractivity contribution >= 4 is 34.5 Å². The number of rotatable bonds is 12. The molecule has 3 aromatic rings. The number of hydrogen-bond donors (Lipinski definition) is 2. The van der Waals surface area contributed by atoms with Crippen LogP contribution in [0, 0.1) is 17.2 Å². The second-order valence-electron chi connectivity index (χ2n) is 10.9. The number of likely N-dealkylation sites (tertiary alicyclic amines) is 2. The lowest BCUT2D eigenvalue weighted by molar-refractivity contribution is -0.130. The molecule has 2 aliphatic heterocycles. The van der Waals surface area contributed by atoms with E-state index in [9.17, 15) is 24.4 Å². The van der Waals surface area contributed by atoms with Crippen molar-refractivity contribution in [3.05, 3.63) is 66.1 Å². The molecule has 0 unspecified atom stereocenters. The van der Waals surface area contributed by atoms with Crippen LogP contribution in [0.5, 0.6) is 5.75 Å². The SMILES string of the molecule is CN1C(=O)C[C@H](C(=O)NCCOCCOc2ccc3c(C(=O)NCC(=O)N4CCC[C@H]4C#N)ccnc3c2)[C@H]1c1cccnc1. The van der Waals surface area contributed by atoms with Gasteiger partial charge < -0.3 is 29.9 Å². The fraction of sp³-hybridized carbons (Fsp3) is 0.406. The summed E-state index contributed by atoms with van der Waals surface area (Å²) in [4.78, 5) is 62.1. The lowest BCUT2D eigenvalue weighted by Crippen LogP contribution is -2.42. The Bertz CT molecular complexity index is 1590. The fourth-order valence-electron chi connectivity index (χ4n) is 5.78. The van der Waals surface area contributed by atoms with Crippen molar-refractivity contribution in [3.8, 4) is 11.8 Å². The van der Waals surface area contributed by atoms with Gasteiger partial charge >= 0.3 is 0 Å². The predicted molar refractivity (Wildman–Crippen MR) is 162 cm³/mol. The smallest absolute Gasteiger partial charge is 0.252 e. The Morgan fingerprint density at radius 2 is 1.98 bits per heavy atom. The molecular weight excluding hydrogens is 578 g/mol. The molecule has 45 heavy (non-hydrogen) atoms. The first-order chi connectivity index (χ1) is 21.9. The first kappa shape index (κ1) is 31.3. The van der Waals surface area contributed by atoms with Crippen molar-refractivity contribution in [2.45, 2.75) is 31.3 Å². The molecule has 2 fully saturated rings. The van der Waals surface area contributed by atoms with E-state index in [-0.39, 0.29) is 56.5 Å². The zero-order valence-corrected chi connectivity index (χ0v) is 25.0. The van der Waals surface area contributed by atoms with E-state index in [1.807, 2.05) is 6.07 Å². The van der Waals surface area contributed by atoms with Crippen molar-refractivity contribution in [1.82, 2.24) is 30.4 Å². The molecule has 234 valence electrons. The number of amides is 4. The Kier molecular flexibility index (Phi) is 10.2. The topological polar surface area (TPSA) is 167 Å². The van der Waals surface area contributed by atoms with Gasteiger partial charge in [-0.1, -0.05) is 6.07 Å². The maximum Gasteiger partial charge on any atom is 0.252 e. The van der Waals surface area contributed by atoms with E-state index in [1.165, 1.54) is 11.1 Å². The minimum absolute atomic E-state index is 0.0827. The standard InChI is InChI=1S/C32H35N7O6/c1-38-28(40)17-26(30(38)21-4-2-9-34-19-21)32(43)36-11-13-44-14-15-45-23-6-7-24-25(8-10-35-27(24)16-23)31(42)37-20-29(41)39-12-3-5-22(39)18-33/h2,4,6-10,16,19,22,26,30H,3,5,11-15,17,20H2,1H3,(H,36,43)(H,37,42)/t22-,26-,30+/m0/s1. The molecule has 4 amide bonds. The van der Waals surface area contributed by atoms with Crippen LogP contribution in [-0.4, -0.2) is 95.9 Å². The van der Waals surface area contributed by atoms with E-state index < -0.39 is 17.9 Å². The van der Waals surface area contributed by atoms with Crippen LogP contribution in [0.3, 0.4) is 0 Å². The molecule has 13 heteroatoms. The molecule has 3 atom stereocenters. The minimum Gasteiger partial charge on any atom is -0.491 e. The van der Waals surface area contributed by atoms with E-state index in [0.717, 1.165) is 12.0 Å². The van der Waals surface area contributed by atoms with Gasteiger partial charge in [0.25, 0.3) is 5.91 Å². The van der Waals surface area contributed by atoms with Gasteiger partial charge in [-0.2, -0.15) is 5.26 Å². The number of nitriles is 1. The largest absolute Gasteiger partial charge is 0.491 e. The Hall–Kier alpha value is -5.09. The number of ether oxygens (including phenoxy) is 2. The molecule has 2 aromatic heterocycles. The monoisotopic (exact) mass is 613 g/mol.